The summed E-state index contributed by atoms with van der Waals surface area (Å²) in [5.74, 6) is 0.582. The van der Waals surface area contributed by atoms with Gasteiger partial charge in [-0.2, -0.15) is 0 Å². The van der Waals surface area contributed by atoms with Gasteiger partial charge in [-0.25, -0.2) is 4.79 Å². The maximum absolute atomic E-state index is 12.0. The molecule has 0 fully saturated rings. The van der Waals surface area contributed by atoms with Crippen LogP contribution in [0.1, 0.15) is 50.7 Å². The Hall–Kier alpha value is -1.51. The van der Waals surface area contributed by atoms with E-state index in [2.05, 4.69) is 24.5 Å². The third-order valence-corrected chi connectivity index (χ3v) is 3.81. The third kappa shape index (κ3) is 5.24. The minimum atomic E-state index is -0.0997. The summed E-state index contributed by atoms with van der Waals surface area (Å²) in [6.07, 6.45) is 4.75. The van der Waals surface area contributed by atoms with E-state index >= 15 is 0 Å². The van der Waals surface area contributed by atoms with E-state index in [4.69, 9.17) is 0 Å². The second-order valence-electron chi connectivity index (χ2n) is 5.52. The molecule has 0 aliphatic heterocycles. The fourth-order valence-electron chi connectivity index (χ4n) is 2.35. The molecule has 0 saturated carbocycles. The second-order valence-corrected chi connectivity index (χ2v) is 5.52. The maximum Gasteiger partial charge on any atom is 0.319 e. The number of hydrogen-bond acceptors (Lipinski definition) is 1. The van der Waals surface area contributed by atoms with Gasteiger partial charge in [0, 0.05) is 12.2 Å². The lowest BCUT2D eigenvalue weighted by molar-refractivity contribution is 0.249. The van der Waals surface area contributed by atoms with Crippen LogP contribution in [0, 0.1) is 19.8 Å². The SMILES string of the molecule is CCCC[C@@H](CC)CNC(=O)Nc1c(C)cccc1C. The van der Waals surface area contributed by atoms with Crippen LogP contribution < -0.4 is 10.6 Å². The van der Waals surface area contributed by atoms with Gasteiger partial charge < -0.3 is 10.6 Å². The number of anilines is 1. The Kier molecular flexibility index (Phi) is 7.13. The van der Waals surface area contributed by atoms with Gasteiger partial charge in [-0.1, -0.05) is 51.3 Å². The van der Waals surface area contributed by atoms with Crippen molar-refractivity contribution >= 4 is 11.7 Å². The number of carbonyl (C=O) groups is 1. The van der Waals surface area contributed by atoms with E-state index in [1.807, 2.05) is 32.0 Å². The molecule has 1 aromatic carbocycles. The van der Waals surface area contributed by atoms with Gasteiger partial charge in [-0.15, -0.1) is 0 Å². The highest BCUT2D eigenvalue weighted by Crippen LogP contribution is 2.19. The Morgan fingerprint density at radius 3 is 2.40 bits per heavy atom. The van der Waals surface area contributed by atoms with Crippen molar-refractivity contribution in [2.75, 3.05) is 11.9 Å². The highest BCUT2D eigenvalue weighted by molar-refractivity contribution is 5.90. The Morgan fingerprint density at radius 2 is 1.85 bits per heavy atom. The number of urea groups is 1. The molecular formula is C17H28N2O. The summed E-state index contributed by atoms with van der Waals surface area (Å²) in [4.78, 5) is 12.0. The minimum Gasteiger partial charge on any atom is -0.338 e. The predicted octanol–water partition coefficient (Wildman–Crippen LogP) is 4.64. The molecule has 0 heterocycles. The fourth-order valence-corrected chi connectivity index (χ4v) is 2.35. The first-order valence-corrected chi connectivity index (χ1v) is 7.69. The van der Waals surface area contributed by atoms with Crippen LogP contribution in [0.3, 0.4) is 0 Å². The molecule has 20 heavy (non-hydrogen) atoms. The number of aryl methyl sites for hydroxylation is 2. The zero-order chi connectivity index (χ0) is 15.0. The third-order valence-electron chi connectivity index (χ3n) is 3.81. The van der Waals surface area contributed by atoms with Gasteiger partial charge in [0.05, 0.1) is 0 Å². The van der Waals surface area contributed by atoms with Crippen molar-refractivity contribution in [3.63, 3.8) is 0 Å². The lowest BCUT2D eigenvalue weighted by atomic mass is 9.99. The molecule has 1 aromatic rings. The van der Waals surface area contributed by atoms with E-state index in [-0.39, 0.29) is 6.03 Å². The molecule has 112 valence electrons. The van der Waals surface area contributed by atoms with E-state index in [0.29, 0.717) is 5.92 Å². The number of unbranched alkanes of at least 4 members (excludes halogenated alkanes) is 1. The van der Waals surface area contributed by atoms with E-state index in [0.717, 1.165) is 29.8 Å². The van der Waals surface area contributed by atoms with E-state index in [1.54, 1.807) is 0 Å². The molecule has 1 rings (SSSR count). The van der Waals surface area contributed by atoms with Crippen LogP contribution in [0.4, 0.5) is 10.5 Å². The van der Waals surface area contributed by atoms with E-state index in [9.17, 15) is 4.79 Å². The van der Waals surface area contributed by atoms with Crippen LogP contribution in [0.5, 0.6) is 0 Å². The van der Waals surface area contributed by atoms with Gasteiger partial charge >= 0.3 is 6.03 Å². The average molecular weight is 276 g/mol. The van der Waals surface area contributed by atoms with E-state index < -0.39 is 0 Å². The first-order chi connectivity index (χ1) is 9.58. The first kappa shape index (κ1) is 16.5. The van der Waals surface area contributed by atoms with Crippen molar-refractivity contribution in [3.05, 3.63) is 29.3 Å². The van der Waals surface area contributed by atoms with Gasteiger partial charge in [0.15, 0.2) is 0 Å². The van der Waals surface area contributed by atoms with Crippen LogP contribution in [-0.2, 0) is 0 Å². The van der Waals surface area contributed by atoms with Gasteiger partial charge in [0.2, 0.25) is 0 Å². The van der Waals surface area contributed by atoms with Gasteiger partial charge in [-0.3, -0.25) is 0 Å². The van der Waals surface area contributed by atoms with Crippen molar-refractivity contribution in [2.24, 2.45) is 5.92 Å². The molecule has 1 atom stereocenters. The Balaban J connectivity index is 2.47. The number of nitrogens with one attached hydrogen (secondary N) is 2. The molecule has 2 amide bonds. The molecule has 0 saturated heterocycles. The highest BCUT2D eigenvalue weighted by atomic mass is 16.2. The van der Waals surface area contributed by atoms with Gasteiger partial charge in [0.25, 0.3) is 0 Å². The predicted molar refractivity (Wildman–Crippen MR) is 86.2 cm³/mol. The standard InChI is InChI=1S/C17H28N2O/c1-5-7-11-15(6-2)12-18-17(20)19-16-13(3)9-8-10-14(16)4/h8-10,15H,5-7,11-12H2,1-4H3,(H2,18,19,20)/t15-/m1/s1. The summed E-state index contributed by atoms with van der Waals surface area (Å²) < 4.78 is 0. The summed E-state index contributed by atoms with van der Waals surface area (Å²) in [6.45, 7) is 9.17. The molecule has 0 bridgehead atoms. The fraction of sp³-hybridized carbons (Fsp3) is 0.588. The summed E-state index contributed by atoms with van der Waals surface area (Å²) >= 11 is 0. The van der Waals surface area contributed by atoms with Gasteiger partial charge in [-0.05, 0) is 37.3 Å². The van der Waals surface area contributed by atoms with Crippen LogP contribution in [-0.4, -0.2) is 12.6 Å². The van der Waals surface area contributed by atoms with Gasteiger partial charge in [0.1, 0.15) is 0 Å². The monoisotopic (exact) mass is 276 g/mol. The number of para-hydroxylation sites is 1. The van der Waals surface area contributed by atoms with E-state index in [1.165, 1.54) is 19.3 Å². The molecule has 2 N–H and O–H groups in total. The summed E-state index contributed by atoms with van der Waals surface area (Å²) in [7, 11) is 0. The molecular weight excluding hydrogens is 248 g/mol. The van der Waals surface area contributed by atoms with Crippen LogP contribution in [0.2, 0.25) is 0 Å². The summed E-state index contributed by atoms with van der Waals surface area (Å²) in [5.41, 5.74) is 3.11. The molecule has 3 nitrogen and oxygen atoms in total. The number of rotatable bonds is 7. The zero-order valence-corrected chi connectivity index (χ0v) is 13.3. The first-order valence-electron chi connectivity index (χ1n) is 7.69. The lowest BCUT2D eigenvalue weighted by Crippen LogP contribution is -2.33. The smallest absolute Gasteiger partial charge is 0.319 e. The topological polar surface area (TPSA) is 41.1 Å². The molecule has 0 spiro atoms. The highest BCUT2D eigenvalue weighted by Gasteiger charge is 2.10. The molecule has 0 aromatic heterocycles. The summed E-state index contributed by atoms with van der Waals surface area (Å²) in [5, 5.41) is 5.96. The molecule has 0 radical (unpaired) electrons. The molecule has 0 aliphatic rings. The van der Waals surface area contributed by atoms with Crippen molar-refractivity contribution in [2.45, 2.75) is 53.4 Å². The van der Waals surface area contributed by atoms with Crippen LogP contribution in [0.15, 0.2) is 18.2 Å². The van der Waals surface area contributed by atoms with Crippen molar-refractivity contribution in [3.8, 4) is 0 Å². The van der Waals surface area contributed by atoms with Crippen molar-refractivity contribution in [1.82, 2.24) is 5.32 Å². The molecule has 0 unspecified atom stereocenters. The normalized spacial score (nSPS) is 12.0. The van der Waals surface area contributed by atoms with Crippen LogP contribution >= 0.6 is 0 Å². The minimum absolute atomic E-state index is 0.0997. The number of hydrogen-bond donors (Lipinski definition) is 2. The lowest BCUT2D eigenvalue weighted by Gasteiger charge is -2.17. The Morgan fingerprint density at radius 1 is 1.20 bits per heavy atom. The largest absolute Gasteiger partial charge is 0.338 e. The molecule has 3 heteroatoms. The Labute approximate surface area is 123 Å². The average Bonchev–Trinajstić information content (AvgIpc) is 2.43. The quantitative estimate of drug-likeness (QED) is 0.748. The maximum atomic E-state index is 12.0. The Bertz CT molecular complexity index is 409. The number of carbonyl (C=O) groups excluding carboxylic acids is 1. The number of benzene rings is 1. The number of amides is 2. The second kappa shape index (κ2) is 8.62. The zero-order valence-electron chi connectivity index (χ0n) is 13.3. The molecule has 0 aliphatic carbocycles. The van der Waals surface area contributed by atoms with Crippen molar-refractivity contribution < 1.29 is 4.79 Å². The van der Waals surface area contributed by atoms with Crippen molar-refractivity contribution in [1.29, 1.82) is 0 Å². The summed E-state index contributed by atoms with van der Waals surface area (Å²) in [6, 6.07) is 5.93. The van der Waals surface area contributed by atoms with Crippen LogP contribution in [0.25, 0.3) is 0 Å².